The molecule has 3 aliphatic carbocycles. The monoisotopic (exact) mass is 492 g/mol. The number of esters is 1. The number of carbonyl (C=O) groups excluding carboxylic acids is 1. The van der Waals surface area contributed by atoms with Gasteiger partial charge in [-0.25, -0.2) is 0 Å². The minimum absolute atomic E-state index is 0.165. The third-order valence-electron chi connectivity index (χ3n) is 4.90. The summed E-state index contributed by atoms with van der Waals surface area (Å²) in [5.74, 6) is -0.215. The summed E-state index contributed by atoms with van der Waals surface area (Å²) in [4.78, 5) is 12.1. The van der Waals surface area contributed by atoms with Crippen LogP contribution >= 0.6 is 45.2 Å². The average Bonchev–Trinajstić information content (AvgIpc) is 2.68. The van der Waals surface area contributed by atoms with E-state index in [1.54, 1.807) is 6.92 Å². The van der Waals surface area contributed by atoms with Crippen molar-refractivity contribution in [2.45, 2.75) is 59.8 Å². The SMILES string of the molecule is CC1(O)CC2(OC(=O)C(I)CI)CC3(O)CC3(C1)C2. The maximum absolute atomic E-state index is 12.1. The van der Waals surface area contributed by atoms with Gasteiger partial charge < -0.3 is 14.9 Å². The normalized spacial score (nSPS) is 52.5. The highest BCUT2D eigenvalue weighted by Crippen LogP contribution is 2.76. The van der Waals surface area contributed by atoms with Gasteiger partial charge in [0.05, 0.1) is 11.2 Å². The van der Waals surface area contributed by atoms with Crippen LogP contribution in [-0.4, -0.2) is 41.3 Å². The first kappa shape index (κ1) is 14.8. The van der Waals surface area contributed by atoms with Crippen LogP contribution in [0.2, 0.25) is 0 Å². The lowest BCUT2D eigenvalue weighted by Crippen LogP contribution is -2.48. The van der Waals surface area contributed by atoms with Crippen LogP contribution in [0, 0.1) is 5.41 Å². The molecule has 0 aromatic carbocycles. The predicted molar refractivity (Wildman–Crippen MR) is 86.6 cm³/mol. The van der Waals surface area contributed by atoms with E-state index in [-0.39, 0.29) is 15.3 Å². The number of aliphatic hydroxyl groups is 2. The van der Waals surface area contributed by atoms with Crippen molar-refractivity contribution in [2.75, 3.05) is 4.43 Å². The number of hydrogen-bond donors (Lipinski definition) is 2. The summed E-state index contributed by atoms with van der Waals surface area (Å²) in [6, 6.07) is 0. The maximum Gasteiger partial charge on any atom is 0.320 e. The molecule has 3 fully saturated rings. The van der Waals surface area contributed by atoms with E-state index >= 15 is 0 Å². The van der Waals surface area contributed by atoms with Crippen molar-refractivity contribution < 1.29 is 19.7 Å². The summed E-state index contributed by atoms with van der Waals surface area (Å²) in [7, 11) is 0. The Morgan fingerprint density at radius 3 is 2.58 bits per heavy atom. The molecule has 3 aliphatic rings. The summed E-state index contributed by atoms with van der Waals surface area (Å²) in [6.45, 7) is 1.79. The quantitative estimate of drug-likeness (QED) is 0.360. The van der Waals surface area contributed by atoms with Gasteiger partial charge in [-0.05, 0) is 26.2 Å². The van der Waals surface area contributed by atoms with Crippen LogP contribution in [-0.2, 0) is 9.53 Å². The lowest BCUT2D eigenvalue weighted by molar-refractivity contribution is -0.173. The number of carbonyl (C=O) groups is 1. The average molecular weight is 492 g/mol. The molecule has 0 amide bonds. The van der Waals surface area contributed by atoms with Crippen LogP contribution in [0.1, 0.15) is 39.0 Å². The topological polar surface area (TPSA) is 66.8 Å². The predicted octanol–water partition coefficient (Wildman–Crippen LogP) is 1.97. The van der Waals surface area contributed by atoms with Gasteiger partial charge in [0.2, 0.25) is 0 Å². The standard InChI is InChI=1S/C13H18I2O4/c1-10(17)3-11-5-12(4-10,7-13(11,18)6-11)19-9(16)8(15)2-14/h8,17-18H,2-7H2,1H3. The molecule has 4 nitrogen and oxygen atoms in total. The van der Waals surface area contributed by atoms with Gasteiger partial charge in [-0.15, -0.1) is 0 Å². The van der Waals surface area contributed by atoms with Gasteiger partial charge in [-0.2, -0.15) is 0 Å². The first-order valence-corrected chi connectivity index (χ1v) is 9.30. The van der Waals surface area contributed by atoms with E-state index < -0.39 is 16.8 Å². The Kier molecular flexibility index (Phi) is 3.26. The van der Waals surface area contributed by atoms with Crippen molar-refractivity contribution in [1.82, 2.24) is 0 Å². The second-order valence-electron chi connectivity index (χ2n) is 6.92. The Balaban J connectivity index is 1.83. The Labute approximate surface area is 139 Å². The van der Waals surface area contributed by atoms with Crippen LogP contribution in [0.15, 0.2) is 0 Å². The number of ether oxygens (including phenoxy) is 1. The third-order valence-corrected chi connectivity index (χ3v) is 8.41. The summed E-state index contributed by atoms with van der Waals surface area (Å²) < 4.78 is 6.29. The number of fused-ring (bicyclic) bond motifs is 1. The molecule has 0 aromatic heterocycles. The highest BCUT2D eigenvalue weighted by Gasteiger charge is 2.80. The number of alkyl halides is 2. The Morgan fingerprint density at radius 2 is 1.95 bits per heavy atom. The van der Waals surface area contributed by atoms with Crippen LogP contribution in [0.25, 0.3) is 0 Å². The molecule has 2 bridgehead atoms. The molecule has 5 atom stereocenters. The molecule has 1 spiro atoms. The van der Waals surface area contributed by atoms with E-state index in [1.807, 2.05) is 0 Å². The van der Waals surface area contributed by atoms with Crippen LogP contribution < -0.4 is 0 Å². The summed E-state index contributed by atoms with van der Waals surface area (Å²) in [5.41, 5.74) is -2.41. The maximum atomic E-state index is 12.1. The molecule has 0 aromatic rings. The molecule has 2 N–H and O–H groups in total. The van der Waals surface area contributed by atoms with Gasteiger partial charge in [-0.1, -0.05) is 45.2 Å². The first-order chi connectivity index (χ1) is 8.65. The summed E-state index contributed by atoms with van der Waals surface area (Å²) in [6.07, 6.45) is 3.01. The van der Waals surface area contributed by atoms with Gasteiger partial charge >= 0.3 is 5.97 Å². The van der Waals surface area contributed by atoms with E-state index in [0.717, 1.165) is 6.42 Å². The van der Waals surface area contributed by atoms with Crippen molar-refractivity contribution >= 4 is 51.2 Å². The molecule has 0 saturated heterocycles. The minimum Gasteiger partial charge on any atom is -0.458 e. The second kappa shape index (κ2) is 4.19. The van der Waals surface area contributed by atoms with Crippen molar-refractivity contribution in [1.29, 1.82) is 0 Å². The van der Waals surface area contributed by atoms with Gasteiger partial charge in [-0.3, -0.25) is 4.79 Å². The Morgan fingerprint density at radius 1 is 1.26 bits per heavy atom. The third kappa shape index (κ3) is 2.24. The van der Waals surface area contributed by atoms with Gasteiger partial charge in [0.1, 0.15) is 9.53 Å². The van der Waals surface area contributed by atoms with Gasteiger partial charge in [0.15, 0.2) is 0 Å². The fourth-order valence-electron chi connectivity index (χ4n) is 4.55. The van der Waals surface area contributed by atoms with Crippen LogP contribution in [0.4, 0.5) is 0 Å². The zero-order valence-corrected chi connectivity index (χ0v) is 15.1. The molecule has 19 heavy (non-hydrogen) atoms. The van der Waals surface area contributed by atoms with Crippen molar-refractivity contribution in [3.8, 4) is 0 Å². The van der Waals surface area contributed by atoms with E-state index in [9.17, 15) is 15.0 Å². The number of rotatable bonds is 3. The molecule has 6 heteroatoms. The molecule has 3 rings (SSSR count). The van der Waals surface area contributed by atoms with Crippen molar-refractivity contribution in [2.24, 2.45) is 5.41 Å². The Bertz CT molecular complexity index is 431. The van der Waals surface area contributed by atoms with Crippen LogP contribution in [0.3, 0.4) is 0 Å². The largest absolute Gasteiger partial charge is 0.458 e. The lowest BCUT2D eigenvalue weighted by Gasteiger charge is -2.43. The highest BCUT2D eigenvalue weighted by molar-refractivity contribution is 14.1. The van der Waals surface area contributed by atoms with Crippen molar-refractivity contribution in [3.63, 3.8) is 0 Å². The summed E-state index contributed by atoms with van der Waals surface area (Å²) >= 11 is 4.25. The van der Waals surface area contributed by atoms with Crippen LogP contribution in [0.5, 0.6) is 0 Å². The summed E-state index contributed by atoms with van der Waals surface area (Å²) in [5, 5.41) is 21.0. The minimum atomic E-state index is -0.843. The zero-order chi connectivity index (χ0) is 14.1. The van der Waals surface area contributed by atoms with E-state index in [4.69, 9.17) is 4.74 Å². The second-order valence-corrected chi connectivity index (χ2v) is 9.30. The molecule has 108 valence electrons. The first-order valence-electron chi connectivity index (χ1n) is 6.53. The smallest absolute Gasteiger partial charge is 0.320 e. The Hall–Kier alpha value is 0.850. The van der Waals surface area contributed by atoms with E-state index in [1.165, 1.54) is 0 Å². The zero-order valence-electron chi connectivity index (χ0n) is 10.8. The van der Waals surface area contributed by atoms with Crippen molar-refractivity contribution in [3.05, 3.63) is 0 Å². The van der Waals surface area contributed by atoms with Gasteiger partial charge in [0, 0.05) is 22.7 Å². The molecular weight excluding hydrogens is 474 g/mol. The molecule has 0 heterocycles. The number of halogens is 2. The van der Waals surface area contributed by atoms with Gasteiger partial charge in [0.25, 0.3) is 0 Å². The molecule has 0 aliphatic heterocycles. The lowest BCUT2D eigenvalue weighted by atomic mass is 9.72. The fraction of sp³-hybridized carbons (Fsp3) is 0.923. The molecule has 5 unspecified atom stereocenters. The van der Waals surface area contributed by atoms with E-state index in [2.05, 4.69) is 45.2 Å². The molecule has 3 saturated carbocycles. The molecule has 0 radical (unpaired) electrons. The molecular formula is C13H18I2O4. The fourth-order valence-corrected chi connectivity index (χ4v) is 5.04. The van der Waals surface area contributed by atoms with E-state index in [0.29, 0.717) is 30.1 Å². The highest BCUT2D eigenvalue weighted by atomic mass is 127. The number of hydrogen-bond acceptors (Lipinski definition) is 4.